The van der Waals surface area contributed by atoms with Crippen LogP contribution in [-0.4, -0.2) is 5.11 Å². The molecular formula is C12H12N2O. The van der Waals surface area contributed by atoms with Crippen LogP contribution in [0.15, 0.2) is 42.5 Å². The minimum absolute atomic E-state index is 0.246. The summed E-state index contributed by atoms with van der Waals surface area (Å²) in [6.07, 6.45) is 0. The van der Waals surface area contributed by atoms with Crippen molar-refractivity contribution in [3.63, 3.8) is 0 Å². The summed E-state index contributed by atoms with van der Waals surface area (Å²) in [7, 11) is 0. The quantitative estimate of drug-likeness (QED) is 0.618. The molecule has 0 atom stereocenters. The molecule has 0 aliphatic rings. The molecule has 2 rings (SSSR count). The lowest BCUT2D eigenvalue weighted by atomic mass is 10.0. The third-order valence-corrected chi connectivity index (χ3v) is 2.18. The maximum absolute atomic E-state index is 9.16. The molecule has 0 spiro atoms. The molecule has 0 saturated carbocycles. The van der Waals surface area contributed by atoms with Gasteiger partial charge in [-0.1, -0.05) is 12.1 Å². The molecule has 15 heavy (non-hydrogen) atoms. The predicted molar refractivity (Wildman–Crippen MR) is 62.4 cm³/mol. The van der Waals surface area contributed by atoms with E-state index in [1.165, 1.54) is 0 Å². The highest BCUT2D eigenvalue weighted by Gasteiger charge is 2.00. The maximum atomic E-state index is 9.16. The lowest BCUT2D eigenvalue weighted by Gasteiger charge is -2.05. The minimum atomic E-state index is 0.246. The van der Waals surface area contributed by atoms with Crippen LogP contribution >= 0.6 is 0 Å². The molecule has 3 nitrogen and oxygen atoms in total. The second-order valence-corrected chi connectivity index (χ2v) is 3.44. The number of hydrogen-bond acceptors (Lipinski definition) is 3. The summed E-state index contributed by atoms with van der Waals surface area (Å²) >= 11 is 0. The average molecular weight is 200 g/mol. The normalized spacial score (nSPS) is 10.1. The number of hydrogen-bond donors (Lipinski definition) is 3. The molecule has 0 aliphatic heterocycles. The fourth-order valence-electron chi connectivity index (χ4n) is 1.50. The molecule has 2 aromatic rings. The molecule has 0 aromatic heterocycles. The molecule has 0 heterocycles. The van der Waals surface area contributed by atoms with Gasteiger partial charge in [0.15, 0.2) is 0 Å². The van der Waals surface area contributed by atoms with Crippen LogP contribution in [0.1, 0.15) is 0 Å². The van der Waals surface area contributed by atoms with Gasteiger partial charge in [0.05, 0.1) is 0 Å². The lowest BCUT2D eigenvalue weighted by molar-refractivity contribution is 0.475. The highest BCUT2D eigenvalue weighted by Crippen LogP contribution is 2.25. The molecule has 0 amide bonds. The van der Waals surface area contributed by atoms with Crippen molar-refractivity contribution in [2.45, 2.75) is 0 Å². The van der Waals surface area contributed by atoms with Crippen molar-refractivity contribution in [3.05, 3.63) is 42.5 Å². The molecule has 0 aliphatic carbocycles. The van der Waals surface area contributed by atoms with E-state index in [1.54, 1.807) is 18.2 Å². The van der Waals surface area contributed by atoms with Crippen LogP contribution in [0.5, 0.6) is 5.75 Å². The van der Waals surface area contributed by atoms with Crippen LogP contribution in [0.3, 0.4) is 0 Å². The van der Waals surface area contributed by atoms with Crippen LogP contribution in [0.4, 0.5) is 11.4 Å². The first-order valence-electron chi connectivity index (χ1n) is 4.60. The summed E-state index contributed by atoms with van der Waals surface area (Å²) in [5, 5.41) is 9.16. The molecule has 0 bridgehead atoms. The van der Waals surface area contributed by atoms with E-state index in [-0.39, 0.29) is 5.75 Å². The van der Waals surface area contributed by atoms with Crippen molar-refractivity contribution in [3.8, 4) is 16.9 Å². The number of nitrogen functional groups attached to an aromatic ring is 2. The number of benzene rings is 2. The fourth-order valence-corrected chi connectivity index (χ4v) is 1.50. The predicted octanol–water partition coefficient (Wildman–Crippen LogP) is 2.22. The van der Waals surface area contributed by atoms with Crippen LogP contribution in [0.2, 0.25) is 0 Å². The first-order chi connectivity index (χ1) is 7.15. The number of phenols is 1. The van der Waals surface area contributed by atoms with Crippen molar-refractivity contribution >= 4 is 11.4 Å². The van der Waals surface area contributed by atoms with Gasteiger partial charge in [0.2, 0.25) is 0 Å². The summed E-state index contributed by atoms with van der Waals surface area (Å²) in [6.45, 7) is 0. The smallest absolute Gasteiger partial charge is 0.115 e. The fraction of sp³-hybridized carbons (Fsp3) is 0. The van der Waals surface area contributed by atoms with Gasteiger partial charge in [0.1, 0.15) is 5.75 Å². The highest BCUT2D eigenvalue weighted by molar-refractivity contribution is 5.72. The van der Waals surface area contributed by atoms with Crippen molar-refractivity contribution in [1.29, 1.82) is 0 Å². The Hall–Kier alpha value is -2.16. The first kappa shape index (κ1) is 9.40. The van der Waals surface area contributed by atoms with Gasteiger partial charge in [0, 0.05) is 11.4 Å². The van der Waals surface area contributed by atoms with Crippen LogP contribution < -0.4 is 11.5 Å². The van der Waals surface area contributed by atoms with Crippen molar-refractivity contribution in [2.24, 2.45) is 0 Å². The number of phenolic OH excluding ortho intramolecular Hbond substituents is 1. The Balaban J connectivity index is 2.49. The third-order valence-electron chi connectivity index (χ3n) is 2.18. The van der Waals surface area contributed by atoms with E-state index in [9.17, 15) is 0 Å². The highest BCUT2D eigenvalue weighted by atomic mass is 16.3. The van der Waals surface area contributed by atoms with E-state index in [1.807, 2.05) is 24.3 Å². The standard InChI is InChI=1S/C12H12N2O/c13-10-5-9(6-11(14)7-10)8-1-3-12(15)4-2-8/h1-7,15H,13-14H2. The SMILES string of the molecule is Nc1cc(N)cc(-c2ccc(O)cc2)c1. The zero-order chi connectivity index (χ0) is 10.8. The summed E-state index contributed by atoms with van der Waals surface area (Å²) in [5.74, 6) is 0.246. The molecule has 5 N–H and O–H groups in total. The van der Waals surface area contributed by atoms with Gasteiger partial charge < -0.3 is 16.6 Å². The topological polar surface area (TPSA) is 72.3 Å². The summed E-state index contributed by atoms with van der Waals surface area (Å²) in [4.78, 5) is 0. The van der Waals surface area contributed by atoms with E-state index >= 15 is 0 Å². The van der Waals surface area contributed by atoms with E-state index in [0.29, 0.717) is 11.4 Å². The summed E-state index contributed by atoms with van der Waals surface area (Å²) in [5.41, 5.74) is 14.6. The Labute approximate surface area is 88.0 Å². The molecule has 0 fully saturated rings. The van der Waals surface area contributed by atoms with Gasteiger partial charge >= 0.3 is 0 Å². The largest absolute Gasteiger partial charge is 0.508 e. The molecule has 2 aromatic carbocycles. The van der Waals surface area contributed by atoms with E-state index < -0.39 is 0 Å². The zero-order valence-corrected chi connectivity index (χ0v) is 8.14. The number of aromatic hydroxyl groups is 1. The Morgan fingerprint density at radius 1 is 0.733 bits per heavy atom. The molecule has 0 unspecified atom stereocenters. The van der Waals surface area contributed by atoms with Gasteiger partial charge in [-0.2, -0.15) is 0 Å². The number of nitrogens with two attached hydrogens (primary N) is 2. The molecular weight excluding hydrogens is 188 g/mol. The molecule has 76 valence electrons. The molecule has 0 saturated heterocycles. The average Bonchev–Trinajstić information content (AvgIpc) is 2.17. The number of rotatable bonds is 1. The Kier molecular flexibility index (Phi) is 2.21. The van der Waals surface area contributed by atoms with Gasteiger partial charge in [-0.05, 0) is 41.5 Å². The Morgan fingerprint density at radius 3 is 1.80 bits per heavy atom. The number of anilines is 2. The van der Waals surface area contributed by atoms with Crippen molar-refractivity contribution < 1.29 is 5.11 Å². The minimum Gasteiger partial charge on any atom is -0.508 e. The van der Waals surface area contributed by atoms with Gasteiger partial charge in [-0.25, -0.2) is 0 Å². The molecule has 3 heteroatoms. The Morgan fingerprint density at radius 2 is 1.27 bits per heavy atom. The third kappa shape index (κ3) is 2.02. The van der Waals surface area contributed by atoms with E-state index in [2.05, 4.69) is 0 Å². The van der Waals surface area contributed by atoms with Gasteiger partial charge in [0.25, 0.3) is 0 Å². The van der Waals surface area contributed by atoms with E-state index in [0.717, 1.165) is 11.1 Å². The molecule has 0 radical (unpaired) electrons. The summed E-state index contributed by atoms with van der Waals surface area (Å²) in [6, 6.07) is 12.3. The van der Waals surface area contributed by atoms with Crippen molar-refractivity contribution in [1.82, 2.24) is 0 Å². The van der Waals surface area contributed by atoms with Gasteiger partial charge in [-0.3, -0.25) is 0 Å². The monoisotopic (exact) mass is 200 g/mol. The van der Waals surface area contributed by atoms with Gasteiger partial charge in [-0.15, -0.1) is 0 Å². The van der Waals surface area contributed by atoms with Crippen LogP contribution in [-0.2, 0) is 0 Å². The van der Waals surface area contributed by atoms with Crippen LogP contribution in [0.25, 0.3) is 11.1 Å². The van der Waals surface area contributed by atoms with Crippen LogP contribution in [0, 0.1) is 0 Å². The van der Waals surface area contributed by atoms with Crippen molar-refractivity contribution in [2.75, 3.05) is 11.5 Å². The lowest BCUT2D eigenvalue weighted by Crippen LogP contribution is -1.91. The summed E-state index contributed by atoms with van der Waals surface area (Å²) < 4.78 is 0. The first-order valence-corrected chi connectivity index (χ1v) is 4.60. The second kappa shape index (κ2) is 3.53. The second-order valence-electron chi connectivity index (χ2n) is 3.44. The zero-order valence-electron chi connectivity index (χ0n) is 8.14. The maximum Gasteiger partial charge on any atom is 0.115 e. The Bertz CT molecular complexity index is 457. The van der Waals surface area contributed by atoms with E-state index in [4.69, 9.17) is 16.6 Å².